The van der Waals surface area contributed by atoms with Crippen molar-refractivity contribution in [1.82, 2.24) is 0 Å². The van der Waals surface area contributed by atoms with Crippen LogP contribution in [0.25, 0.3) is 11.1 Å². The van der Waals surface area contributed by atoms with Crippen LogP contribution in [0.2, 0.25) is 10.0 Å². The summed E-state index contributed by atoms with van der Waals surface area (Å²) < 4.78 is 38.7. The SMILES string of the molecule is FC(F)(F)c1cc(Cl)ccc1-c1ccc(Cl)cc1. The lowest BCUT2D eigenvalue weighted by Gasteiger charge is -2.13. The van der Waals surface area contributed by atoms with E-state index in [-0.39, 0.29) is 10.6 Å². The average Bonchev–Trinajstić information content (AvgIpc) is 2.29. The molecular formula is C13H7Cl2F3. The minimum absolute atomic E-state index is 0.0556. The Morgan fingerprint density at radius 3 is 1.89 bits per heavy atom. The Balaban J connectivity index is 2.60. The largest absolute Gasteiger partial charge is 0.417 e. The first-order valence-corrected chi connectivity index (χ1v) is 5.76. The van der Waals surface area contributed by atoms with E-state index in [1.165, 1.54) is 12.1 Å². The van der Waals surface area contributed by atoms with Gasteiger partial charge in [0.2, 0.25) is 0 Å². The Hall–Kier alpha value is -1.19. The molecule has 0 aromatic heterocycles. The molecule has 0 aliphatic carbocycles. The van der Waals surface area contributed by atoms with Crippen LogP contribution in [0.1, 0.15) is 5.56 Å². The zero-order chi connectivity index (χ0) is 13.3. The van der Waals surface area contributed by atoms with Crippen molar-refractivity contribution in [2.24, 2.45) is 0 Å². The zero-order valence-electron chi connectivity index (χ0n) is 8.93. The summed E-state index contributed by atoms with van der Waals surface area (Å²) >= 11 is 11.3. The number of halogens is 5. The molecule has 2 aromatic carbocycles. The summed E-state index contributed by atoms with van der Waals surface area (Å²) in [4.78, 5) is 0. The van der Waals surface area contributed by atoms with Gasteiger partial charge >= 0.3 is 6.18 Å². The van der Waals surface area contributed by atoms with Gasteiger partial charge in [-0.15, -0.1) is 0 Å². The van der Waals surface area contributed by atoms with Crippen molar-refractivity contribution in [1.29, 1.82) is 0 Å². The Labute approximate surface area is 112 Å². The van der Waals surface area contributed by atoms with E-state index in [0.717, 1.165) is 6.07 Å². The molecule has 0 atom stereocenters. The first-order chi connectivity index (χ1) is 8.38. The standard InChI is InChI=1S/C13H7Cl2F3/c14-9-3-1-8(2-4-9)11-6-5-10(15)7-12(11)13(16,17)18/h1-7H. The third kappa shape index (κ3) is 2.79. The summed E-state index contributed by atoms with van der Waals surface area (Å²) in [6.07, 6.45) is -4.44. The minimum atomic E-state index is -4.44. The molecule has 0 saturated carbocycles. The van der Waals surface area contributed by atoms with Crippen LogP contribution in [0.4, 0.5) is 13.2 Å². The van der Waals surface area contributed by atoms with Gasteiger partial charge in [0.1, 0.15) is 0 Å². The molecule has 0 aliphatic rings. The van der Waals surface area contributed by atoms with Gasteiger partial charge in [-0.05, 0) is 35.4 Å². The number of benzene rings is 2. The van der Waals surface area contributed by atoms with Gasteiger partial charge in [-0.25, -0.2) is 0 Å². The monoisotopic (exact) mass is 290 g/mol. The van der Waals surface area contributed by atoms with Crippen LogP contribution < -0.4 is 0 Å². The van der Waals surface area contributed by atoms with E-state index in [0.29, 0.717) is 10.6 Å². The van der Waals surface area contributed by atoms with Crippen molar-refractivity contribution < 1.29 is 13.2 Å². The van der Waals surface area contributed by atoms with Crippen LogP contribution in [0.5, 0.6) is 0 Å². The van der Waals surface area contributed by atoms with E-state index in [9.17, 15) is 13.2 Å². The van der Waals surface area contributed by atoms with Crippen molar-refractivity contribution >= 4 is 23.2 Å². The molecule has 18 heavy (non-hydrogen) atoms. The molecular weight excluding hydrogens is 284 g/mol. The molecule has 2 aromatic rings. The molecule has 0 saturated heterocycles. The van der Waals surface area contributed by atoms with Crippen molar-refractivity contribution in [2.45, 2.75) is 6.18 Å². The lowest BCUT2D eigenvalue weighted by atomic mass is 9.99. The molecule has 0 radical (unpaired) electrons. The van der Waals surface area contributed by atoms with E-state index in [1.54, 1.807) is 24.3 Å². The second kappa shape index (κ2) is 4.82. The smallest absolute Gasteiger partial charge is 0.166 e. The first-order valence-electron chi connectivity index (χ1n) is 5.00. The number of hydrogen-bond donors (Lipinski definition) is 0. The molecule has 2 rings (SSSR count). The summed E-state index contributed by atoms with van der Waals surface area (Å²) in [5.41, 5.74) is -0.218. The summed E-state index contributed by atoms with van der Waals surface area (Å²) in [5, 5.41) is 0.529. The Kier molecular flexibility index (Phi) is 3.55. The molecule has 0 amide bonds. The molecule has 0 unspecified atom stereocenters. The van der Waals surface area contributed by atoms with E-state index in [2.05, 4.69) is 0 Å². The maximum atomic E-state index is 12.9. The predicted octanol–water partition coefficient (Wildman–Crippen LogP) is 5.68. The van der Waals surface area contributed by atoms with Gasteiger partial charge in [0.15, 0.2) is 0 Å². The van der Waals surface area contributed by atoms with Crippen molar-refractivity contribution in [3.63, 3.8) is 0 Å². The Morgan fingerprint density at radius 2 is 1.33 bits per heavy atom. The summed E-state index contributed by atoms with van der Waals surface area (Å²) in [7, 11) is 0. The highest BCUT2D eigenvalue weighted by molar-refractivity contribution is 6.31. The zero-order valence-corrected chi connectivity index (χ0v) is 10.4. The number of rotatable bonds is 1. The molecule has 0 bridgehead atoms. The lowest BCUT2D eigenvalue weighted by molar-refractivity contribution is -0.137. The van der Waals surface area contributed by atoms with Crippen LogP contribution >= 0.6 is 23.2 Å². The molecule has 5 heteroatoms. The third-order valence-electron chi connectivity index (χ3n) is 2.44. The Morgan fingerprint density at radius 1 is 0.778 bits per heavy atom. The van der Waals surface area contributed by atoms with Gasteiger partial charge in [-0.2, -0.15) is 13.2 Å². The van der Waals surface area contributed by atoms with Crippen LogP contribution in [0.15, 0.2) is 42.5 Å². The van der Waals surface area contributed by atoms with Gasteiger partial charge < -0.3 is 0 Å². The second-order valence-electron chi connectivity index (χ2n) is 3.69. The van der Waals surface area contributed by atoms with Gasteiger partial charge in [-0.1, -0.05) is 41.4 Å². The molecule has 0 spiro atoms. The maximum absolute atomic E-state index is 12.9. The van der Waals surface area contributed by atoms with E-state index >= 15 is 0 Å². The van der Waals surface area contributed by atoms with Crippen molar-refractivity contribution in [2.75, 3.05) is 0 Å². The Bertz CT molecular complexity index is 559. The topological polar surface area (TPSA) is 0 Å². The van der Waals surface area contributed by atoms with E-state index < -0.39 is 11.7 Å². The minimum Gasteiger partial charge on any atom is -0.166 e. The summed E-state index contributed by atoms with van der Waals surface area (Å²) in [6, 6.07) is 9.89. The normalized spacial score (nSPS) is 11.6. The second-order valence-corrected chi connectivity index (χ2v) is 4.57. The molecule has 0 nitrogen and oxygen atoms in total. The number of alkyl halides is 3. The van der Waals surface area contributed by atoms with Crippen molar-refractivity contribution in [3.05, 3.63) is 58.1 Å². The summed E-state index contributed by atoms with van der Waals surface area (Å²) in [5.74, 6) is 0. The highest BCUT2D eigenvalue weighted by atomic mass is 35.5. The molecule has 94 valence electrons. The van der Waals surface area contributed by atoms with Crippen molar-refractivity contribution in [3.8, 4) is 11.1 Å². The molecule has 0 fully saturated rings. The molecule has 0 aliphatic heterocycles. The fourth-order valence-corrected chi connectivity index (χ4v) is 1.93. The van der Waals surface area contributed by atoms with Gasteiger partial charge in [0, 0.05) is 10.0 Å². The fraction of sp³-hybridized carbons (Fsp3) is 0.0769. The predicted molar refractivity (Wildman–Crippen MR) is 66.9 cm³/mol. The van der Waals surface area contributed by atoms with Crippen LogP contribution in [-0.2, 0) is 6.18 Å². The quantitative estimate of drug-likeness (QED) is 0.634. The average molecular weight is 291 g/mol. The van der Waals surface area contributed by atoms with E-state index in [4.69, 9.17) is 23.2 Å². The van der Waals surface area contributed by atoms with Crippen LogP contribution in [0, 0.1) is 0 Å². The fourth-order valence-electron chi connectivity index (χ4n) is 1.63. The number of hydrogen-bond acceptors (Lipinski definition) is 0. The summed E-state index contributed by atoms with van der Waals surface area (Å²) in [6.45, 7) is 0. The van der Waals surface area contributed by atoms with Gasteiger partial charge in [0.05, 0.1) is 5.56 Å². The van der Waals surface area contributed by atoms with Crippen LogP contribution in [-0.4, -0.2) is 0 Å². The molecule has 0 N–H and O–H groups in total. The molecule has 0 heterocycles. The maximum Gasteiger partial charge on any atom is 0.417 e. The highest BCUT2D eigenvalue weighted by Crippen LogP contribution is 2.38. The van der Waals surface area contributed by atoms with Gasteiger partial charge in [0.25, 0.3) is 0 Å². The van der Waals surface area contributed by atoms with E-state index in [1.807, 2.05) is 0 Å². The first kappa shape index (κ1) is 13.2. The lowest BCUT2D eigenvalue weighted by Crippen LogP contribution is -2.07. The third-order valence-corrected chi connectivity index (χ3v) is 2.93. The highest BCUT2D eigenvalue weighted by Gasteiger charge is 2.33. The van der Waals surface area contributed by atoms with Gasteiger partial charge in [-0.3, -0.25) is 0 Å². The van der Waals surface area contributed by atoms with Crippen LogP contribution in [0.3, 0.4) is 0 Å².